The van der Waals surface area contributed by atoms with Crippen molar-refractivity contribution in [3.63, 3.8) is 0 Å². The molecule has 5 aliphatic rings. The van der Waals surface area contributed by atoms with E-state index in [2.05, 4.69) is 26.1 Å². The van der Waals surface area contributed by atoms with Gasteiger partial charge < -0.3 is 20.1 Å². The third kappa shape index (κ3) is 5.11. The van der Waals surface area contributed by atoms with Crippen LogP contribution in [0.25, 0.3) is 0 Å². The van der Waals surface area contributed by atoms with E-state index in [1.165, 1.54) is 6.42 Å². The number of nitrogens with one attached hydrogen (secondary N) is 1. The van der Waals surface area contributed by atoms with Gasteiger partial charge in [-0.15, -0.1) is 0 Å². The molecule has 3 N–H and O–H groups in total. The third-order valence-corrected chi connectivity index (χ3v) is 12.6. The van der Waals surface area contributed by atoms with Crippen molar-refractivity contribution in [2.45, 2.75) is 90.8 Å². The van der Waals surface area contributed by atoms with Crippen molar-refractivity contribution in [1.82, 2.24) is 5.32 Å². The van der Waals surface area contributed by atoms with Gasteiger partial charge in [-0.2, -0.15) is 0 Å². The van der Waals surface area contributed by atoms with Crippen LogP contribution in [0.15, 0.2) is 0 Å². The number of rotatable bonds is 6. The molecule has 5 aliphatic carbocycles. The summed E-state index contributed by atoms with van der Waals surface area (Å²) in [6, 6.07) is 0. The normalized spacial score (nSPS) is 48.6. The summed E-state index contributed by atoms with van der Waals surface area (Å²) in [5.41, 5.74) is 0.407. The second kappa shape index (κ2) is 10.4. The fourth-order valence-electron chi connectivity index (χ4n) is 9.93. The second-order valence-corrected chi connectivity index (χ2v) is 14.9. The average molecular weight is 534 g/mol. The average Bonchev–Trinajstić information content (AvgIpc) is 3.49. The first kappa shape index (κ1) is 29.3. The Hall–Kier alpha value is 0.300. The summed E-state index contributed by atoms with van der Waals surface area (Å²) in [5, 5.41) is 24.3. The van der Waals surface area contributed by atoms with Crippen LogP contribution in [0.1, 0.15) is 78.6 Å². The first-order chi connectivity index (χ1) is 16.3. The summed E-state index contributed by atoms with van der Waals surface area (Å²) < 4.78 is 32.4. The van der Waals surface area contributed by atoms with E-state index in [0.29, 0.717) is 41.4 Å². The molecule has 0 aromatic heterocycles. The van der Waals surface area contributed by atoms with E-state index in [1.807, 2.05) is 0 Å². The van der Waals surface area contributed by atoms with Crippen LogP contribution < -0.4 is 34.9 Å². The van der Waals surface area contributed by atoms with Gasteiger partial charge in [0.15, 0.2) is 0 Å². The van der Waals surface area contributed by atoms with Crippen LogP contribution in [-0.2, 0) is 14.9 Å². The summed E-state index contributed by atoms with van der Waals surface area (Å²) >= 11 is 0. The van der Waals surface area contributed by atoms with E-state index >= 15 is 0 Å². The molecule has 7 unspecified atom stereocenters. The number of carbonyl (C=O) groups excluding carboxylic acids is 1. The van der Waals surface area contributed by atoms with Gasteiger partial charge in [0, 0.05) is 12.5 Å². The smallest absolute Gasteiger partial charge is 0.748 e. The molecule has 0 heterocycles. The molecule has 5 fully saturated rings. The van der Waals surface area contributed by atoms with Crippen molar-refractivity contribution in [2.24, 2.45) is 58.2 Å². The molecule has 0 aromatic rings. The largest absolute Gasteiger partial charge is 1.00 e. The van der Waals surface area contributed by atoms with Crippen LogP contribution in [0.5, 0.6) is 0 Å². The first-order valence-corrected chi connectivity index (χ1v) is 15.5. The monoisotopic (exact) mass is 533 g/mol. The minimum atomic E-state index is -4.32. The van der Waals surface area contributed by atoms with E-state index in [-0.39, 0.29) is 71.0 Å². The predicted octanol–water partition coefficient (Wildman–Crippen LogP) is -0.0854. The van der Waals surface area contributed by atoms with Crippen molar-refractivity contribution in [1.29, 1.82) is 0 Å². The molecular formula is C27H44NNaO6S. The van der Waals surface area contributed by atoms with E-state index in [4.69, 9.17) is 0 Å². The van der Waals surface area contributed by atoms with E-state index in [1.54, 1.807) is 0 Å². The Morgan fingerprint density at radius 1 is 1.03 bits per heavy atom. The zero-order valence-electron chi connectivity index (χ0n) is 22.5. The van der Waals surface area contributed by atoms with Crippen LogP contribution in [0, 0.1) is 58.2 Å². The fourth-order valence-corrected chi connectivity index (χ4v) is 10.3. The van der Waals surface area contributed by atoms with Crippen LogP contribution in [0.3, 0.4) is 0 Å². The van der Waals surface area contributed by atoms with Crippen molar-refractivity contribution >= 4 is 16.0 Å². The van der Waals surface area contributed by atoms with Crippen LogP contribution >= 0.6 is 0 Å². The molecular weight excluding hydrogens is 489 g/mol. The Balaban J connectivity index is 0.00000304. The Kier molecular flexibility index (Phi) is 8.43. The quantitative estimate of drug-likeness (QED) is 0.324. The zero-order valence-corrected chi connectivity index (χ0v) is 25.3. The third-order valence-electron chi connectivity index (χ3n) is 11.9. The Morgan fingerprint density at radius 2 is 1.69 bits per heavy atom. The summed E-state index contributed by atoms with van der Waals surface area (Å²) in [6.45, 7) is 7.07. The van der Waals surface area contributed by atoms with Crippen molar-refractivity contribution in [3.8, 4) is 0 Å². The second-order valence-electron chi connectivity index (χ2n) is 13.4. The Labute approximate surface area is 239 Å². The predicted molar refractivity (Wildman–Crippen MR) is 131 cm³/mol. The number of hydrogen-bond donors (Lipinski definition) is 3. The molecule has 200 valence electrons. The minimum absolute atomic E-state index is 0. The van der Waals surface area contributed by atoms with Crippen molar-refractivity contribution in [3.05, 3.63) is 0 Å². The van der Waals surface area contributed by atoms with Crippen LogP contribution in [0.4, 0.5) is 0 Å². The van der Waals surface area contributed by atoms with E-state index in [9.17, 15) is 28.0 Å². The number of carbonyl (C=O) groups is 1. The maximum atomic E-state index is 12.5. The van der Waals surface area contributed by atoms with Gasteiger partial charge in [0.05, 0.1) is 28.1 Å². The summed E-state index contributed by atoms with van der Waals surface area (Å²) in [7, 11) is -4.32. The molecule has 5 rings (SSSR count). The van der Waals surface area contributed by atoms with Gasteiger partial charge in [-0.05, 0) is 110 Å². The summed E-state index contributed by atoms with van der Waals surface area (Å²) in [6.07, 6.45) is 8.60. The maximum absolute atomic E-state index is 12.5. The minimum Gasteiger partial charge on any atom is -0.748 e. The Bertz CT molecular complexity index is 947. The molecule has 0 aliphatic heterocycles. The number of fused-ring (bicyclic) bond motifs is 5. The van der Waals surface area contributed by atoms with Gasteiger partial charge in [0.2, 0.25) is 5.91 Å². The maximum Gasteiger partial charge on any atom is 1.00 e. The van der Waals surface area contributed by atoms with Gasteiger partial charge in [0.25, 0.3) is 0 Å². The summed E-state index contributed by atoms with van der Waals surface area (Å²) in [4.78, 5) is 12.5. The number of hydrogen-bond acceptors (Lipinski definition) is 6. The number of amides is 1. The van der Waals surface area contributed by atoms with Gasteiger partial charge in [-0.25, -0.2) is 8.42 Å². The number of aliphatic hydroxyl groups excluding tert-OH is 2. The summed E-state index contributed by atoms with van der Waals surface area (Å²) in [5.74, 6) is 2.32. The van der Waals surface area contributed by atoms with Gasteiger partial charge in [-0.3, -0.25) is 4.79 Å². The molecule has 0 saturated heterocycles. The molecule has 0 bridgehead atoms. The molecule has 9 heteroatoms. The fraction of sp³-hybridized carbons (Fsp3) is 0.963. The molecule has 0 radical (unpaired) electrons. The van der Waals surface area contributed by atoms with Crippen molar-refractivity contribution < 1.29 is 57.5 Å². The van der Waals surface area contributed by atoms with Crippen LogP contribution in [0.2, 0.25) is 0 Å². The number of aliphatic hydroxyl groups is 2. The molecule has 7 nitrogen and oxygen atoms in total. The SMILES string of the molecule is CC(C1CC1C(=O)NCCS(=O)(=O)[O-])C1CC[C@H]2[C@@H]3[C@@H](O)CC4C[C@H](O)CCC4(C)[C@H]3CCC12C.[Na+]. The van der Waals surface area contributed by atoms with Gasteiger partial charge >= 0.3 is 29.6 Å². The van der Waals surface area contributed by atoms with Crippen LogP contribution in [-0.4, -0.2) is 53.6 Å². The standard InChI is InChI=1S/C27H45NO6S.Na/c1-15(18-14-19(18)25(31)28-10-11-35(32,33)34)20-4-5-21-24-22(7-9-27(20,21)3)26(2)8-6-17(29)12-16(26)13-23(24)30;/h15-24,29-30H,4-14H2,1-3H3,(H,28,31)(H,32,33,34);/q;+1/p-1/t15?,16?,17-,18?,19?,20?,21+,22+,23+,24+,26?,27?;/m1./s1. The van der Waals surface area contributed by atoms with E-state index in [0.717, 1.165) is 51.4 Å². The van der Waals surface area contributed by atoms with Gasteiger partial charge in [-0.1, -0.05) is 20.8 Å². The Morgan fingerprint density at radius 3 is 2.39 bits per heavy atom. The van der Waals surface area contributed by atoms with Gasteiger partial charge in [0.1, 0.15) is 0 Å². The molecule has 36 heavy (non-hydrogen) atoms. The molecule has 12 atom stereocenters. The van der Waals surface area contributed by atoms with Crippen molar-refractivity contribution in [2.75, 3.05) is 12.3 Å². The molecule has 0 spiro atoms. The first-order valence-electron chi connectivity index (χ1n) is 13.9. The van der Waals surface area contributed by atoms with E-state index < -0.39 is 15.9 Å². The zero-order chi connectivity index (χ0) is 25.3. The topological polar surface area (TPSA) is 127 Å². The molecule has 1 amide bonds. The molecule has 5 saturated carbocycles. The molecule has 0 aromatic carbocycles.